The third-order valence-electron chi connectivity index (χ3n) is 2.95. The lowest BCUT2D eigenvalue weighted by molar-refractivity contribution is -0.117. The highest BCUT2D eigenvalue weighted by Gasteiger charge is 2.31. The number of furan rings is 1. The Hall–Kier alpha value is -1.74. The van der Waals surface area contributed by atoms with Crippen molar-refractivity contribution in [3.05, 3.63) is 52.9 Å². The third kappa shape index (κ3) is 1.83. The van der Waals surface area contributed by atoms with Gasteiger partial charge >= 0.3 is 0 Å². The van der Waals surface area contributed by atoms with Gasteiger partial charge in [0.15, 0.2) is 0 Å². The van der Waals surface area contributed by atoms with Gasteiger partial charge < -0.3 is 9.73 Å². The Labute approximate surface area is 103 Å². The molecule has 1 amide bonds. The number of amides is 1. The molecule has 1 aromatic heterocycles. The van der Waals surface area contributed by atoms with Crippen LogP contribution in [0.3, 0.4) is 0 Å². The van der Waals surface area contributed by atoms with Crippen LogP contribution in [-0.2, 0) is 11.2 Å². The van der Waals surface area contributed by atoms with E-state index in [-0.39, 0.29) is 11.8 Å². The summed E-state index contributed by atoms with van der Waals surface area (Å²) in [5.41, 5.74) is 1.79. The lowest BCUT2D eigenvalue weighted by atomic mass is 9.96. The first-order chi connectivity index (χ1) is 8.24. The van der Waals surface area contributed by atoms with E-state index in [4.69, 9.17) is 16.0 Å². The van der Waals surface area contributed by atoms with E-state index >= 15 is 0 Å². The number of benzene rings is 1. The minimum absolute atomic E-state index is 0.00123. The van der Waals surface area contributed by atoms with E-state index in [2.05, 4.69) is 5.32 Å². The minimum Gasteiger partial charge on any atom is -0.469 e. The summed E-state index contributed by atoms with van der Waals surface area (Å²) in [6.45, 7) is 0. The van der Waals surface area contributed by atoms with Crippen molar-refractivity contribution in [2.75, 3.05) is 5.32 Å². The summed E-state index contributed by atoms with van der Waals surface area (Å²) in [5.74, 6) is 0.625. The van der Waals surface area contributed by atoms with Crippen LogP contribution in [-0.4, -0.2) is 5.91 Å². The Morgan fingerprint density at radius 3 is 3.00 bits per heavy atom. The molecule has 1 N–H and O–H groups in total. The van der Waals surface area contributed by atoms with E-state index in [9.17, 15) is 4.79 Å². The molecule has 4 heteroatoms. The average Bonchev–Trinajstić information content (AvgIpc) is 2.88. The second-order valence-corrected chi connectivity index (χ2v) is 4.49. The van der Waals surface area contributed by atoms with Crippen LogP contribution >= 0.6 is 11.6 Å². The van der Waals surface area contributed by atoms with Gasteiger partial charge in [0.1, 0.15) is 5.76 Å². The standard InChI is InChI=1S/C13H10ClNO2/c14-8-3-4-10-11(7-9-2-1-5-17-9)13(16)15-12(10)6-8/h1-6,11H,7H2,(H,15,16)/t11-/m0/s1. The Balaban J connectivity index is 1.94. The Bertz CT molecular complexity index is 563. The van der Waals surface area contributed by atoms with E-state index < -0.39 is 0 Å². The molecule has 0 saturated heterocycles. The van der Waals surface area contributed by atoms with Crippen LogP contribution in [0.25, 0.3) is 0 Å². The molecule has 2 heterocycles. The summed E-state index contributed by atoms with van der Waals surface area (Å²) < 4.78 is 5.28. The van der Waals surface area contributed by atoms with Crippen molar-refractivity contribution in [1.82, 2.24) is 0 Å². The maximum absolute atomic E-state index is 11.9. The zero-order valence-corrected chi connectivity index (χ0v) is 9.70. The van der Waals surface area contributed by atoms with Crippen LogP contribution in [0.4, 0.5) is 5.69 Å². The molecular formula is C13H10ClNO2. The van der Waals surface area contributed by atoms with Crippen molar-refractivity contribution in [3.8, 4) is 0 Å². The number of rotatable bonds is 2. The molecule has 0 aliphatic carbocycles. The van der Waals surface area contributed by atoms with Crippen molar-refractivity contribution in [2.45, 2.75) is 12.3 Å². The quantitative estimate of drug-likeness (QED) is 0.885. The first kappa shape index (κ1) is 10.4. The highest BCUT2D eigenvalue weighted by molar-refractivity contribution is 6.31. The van der Waals surface area contributed by atoms with Crippen LogP contribution in [0.5, 0.6) is 0 Å². The van der Waals surface area contributed by atoms with Crippen molar-refractivity contribution < 1.29 is 9.21 Å². The normalized spacial score (nSPS) is 17.9. The molecule has 1 atom stereocenters. The second kappa shape index (κ2) is 3.93. The SMILES string of the molecule is O=C1Nc2cc(Cl)ccc2[C@@H]1Cc1ccco1. The maximum atomic E-state index is 11.9. The van der Waals surface area contributed by atoms with Gasteiger partial charge in [-0.25, -0.2) is 0 Å². The molecule has 2 aromatic rings. The fourth-order valence-electron chi connectivity index (χ4n) is 2.13. The van der Waals surface area contributed by atoms with Gasteiger partial charge in [0.05, 0.1) is 12.2 Å². The number of nitrogens with one attached hydrogen (secondary N) is 1. The van der Waals surface area contributed by atoms with Gasteiger partial charge in [-0.2, -0.15) is 0 Å². The zero-order valence-electron chi connectivity index (χ0n) is 8.94. The lowest BCUT2D eigenvalue weighted by Crippen LogP contribution is -2.13. The first-order valence-electron chi connectivity index (χ1n) is 5.37. The Kier molecular flexibility index (Phi) is 2.41. The largest absolute Gasteiger partial charge is 0.469 e. The molecule has 1 aliphatic heterocycles. The van der Waals surface area contributed by atoms with Gasteiger partial charge in [-0.05, 0) is 29.8 Å². The van der Waals surface area contributed by atoms with Gasteiger partial charge in [-0.1, -0.05) is 17.7 Å². The molecule has 1 aliphatic rings. The topological polar surface area (TPSA) is 42.2 Å². The summed E-state index contributed by atoms with van der Waals surface area (Å²) in [4.78, 5) is 11.9. The number of anilines is 1. The number of halogens is 1. The van der Waals surface area contributed by atoms with E-state index in [1.54, 1.807) is 18.4 Å². The molecule has 0 fully saturated rings. The Morgan fingerprint density at radius 1 is 1.35 bits per heavy atom. The zero-order chi connectivity index (χ0) is 11.8. The van der Waals surface area contributed by atoms with Crippen LogP contribution in [0.15, 0.2) is 41.0 Å². The van der Waals surface area contributed by atoms with E-state index in [1.807, 2.05) is 18.2 Å². The molecule has 0 bridgehead atoms. The summed E-state index contributed by atoms with van der Waals surface area (Å²) in [6.07, 6.45) is 2.19. The molecule has 0 radical (unpaired) electrons. The molecule has 86 valence electrons. The predicted molar refractivity (Wildman–Crippen MR) is 65.2 cm³/mol. The van der Waals surface area contributed by atoms with Crippen LogP contribution in [0, 0.1) is 0 Å². The van der Waals surface area contributed by atoms with Gasteiger partial charge in [-0.15, -0.1) is 0 Å². The molecular weight excluding hydrogens is 238 g/mol. The molecule has 17 heavy (non-hydrogen) atoms. The summed E-state index contributed by atoms with van der Waals surface area (Å²) in [7, 11) is 0. The number of fused-ring (bicyclic) bond motifs is 1. The highest BCUT2D eigenvalue weighted by atomic mass is 35.5. The van der Waals surface area contributed by atoms with Crippen molar-refractivity contribution in [3.63, 3.8) is 0 Å². The Morgan fingerprint density at radius 2 is 2.24 bits per heavy atom. The van der Waals surface area contributed by atoms with E-state index in [0.717, 1.165) is 17.0 Å². The van der Waals surface area contributed by atoms with Crippen LogP contribution < -0.4 is 5.32 Å². The molecule has 1 aromatic carbocycles. The highest BCUT2D eigenvalue weighted by Crippen LogP contribution is 2.36. The minimum atomic E-state index is -0.187. The molecule has 0 unspecified atom stereocenters. The number of carbonyl (C=O) groups excluding carboxylic acids is 1. The summed E-state index contributed by atoms with van der Waals surface area (Å²) >= 11 is 5.89. The summed E-state index contributed by atoms with van der Waals surface area (Å²) in [5, 5.41) is 3.46. The van der Waals surface area contributed by atoms with Crippen molar-refractivity contribution in [1.29, 1.82) is 0 Å². The average molecular weight is 248 g/mol. The number of hydrogen-bond donors (Lipinski definition) is 1. The fourth-order valence-corrected chi connectivity index (χ4v) is 2.31. The van der Waals surface area contributed by atoms with Gasteiger partial charge in [0.2, 0.25) is 5.91 Å². The fraction of sp³-hybridized carbons (Fsp3) is 0.154. The number of hydrogen-bond acceptors (Lipinski definition) is 2. The van der Waals surface area contributed by atoms with Crippen LogP contribution in [0.2, 0.25) is 5.02 Å². The number of carbonyl (C=O) groups is 1. The second-order valence-electron chi connectivity index (χ2n) is 4.06. The summed E-state index contributed by atoms with van der Waals surface area (Å²) in [6, 6.07) is 9.17. The van der Waals surface area contributed by atoms with Gasteiger partial charge in [0.25, 0.3) is 0 Å². The first-order valence-corrected chi connectivity index (χ1v) is 5.74. The van der Waals surface area contributed by atoms with E-state index in [1.165, 1.54) is 0 Å². The van der Waals surface area contributed by atoms with Crippen molar-refractivity contribution >= 4 is 23.2 Å². The third-order valence-corrected chi connectivity index (χ3v) is 3.19. The van der Waals surface area contributed by atoms with Gasteiger partial charge in [-0.3, -0.25) is 4.79 Å². The molecule has 0 saturated carbocycles. The monoisotopic (exact) mass is 247 g/mol. The van der Waals surface area contributed by atoms with Gasteiger partial charge in [0, 0.05) is 17.1 Å². The van der Waals surface area contributed by atoms with E-state index in [0.29, 0.717) is 11.4 Å². The molecule has 0 spiro atoms. The molecule has 3 nitrogen and oxygen atoms in total. The lowest BCUT2D eigenvalue weighted by Gasteiger charge is -2.06. The van der Waals surface area contributed by atoms with Crippen molar-refractivity contribution in [2.24, 2.45) is 0 Å². The predicted octanol–water partition coefficient (Wildman–Crippen LogP) is 3.21. The maximum Gasteiger partial charge on any atom is 0.232 e. The molecule has 3 rings (SSSR count). The van der Waals surface area contributed by atoms with Crippen LogP contribution in [0.1, 0.15) is 17.2 Å². The smallest absolute Gasteiger partial charge is 0.232 e.